The molecule has 0 aliphatic heterocycles. The summed E-state index contributed by atoms with van der Waals surface area (Å²) in [4.78, 5) is 23.7. The molecule has 0 saturated carbocycles. The van der Waals surface area contributed by atoms with E-state index in [1.54, 1.807) is 54.6 Å². The molecule has 1 amide bonds. The molecule has 142 valence electrons. The Hall–Kier alpha value is -2.79. The molecule has 0 bridgehead atoms. The quantitative estimate of drug-likeness (QED) is 0.690. The molecule has 0 aromatic heterocycles. The van der Waals surface area contributed by atoms with Crippen molar-refractivity contribution in [1.82, 2.24) is 5.32 Å². The van der Waals surface area contributed by atoms with Crippen LogP contribution in [0.2, 0.25) is 5.02 Å². The highest BCUT2D eigenvalue weighted by molar-refractivity contribution is 6.30. The van der Waals surface area contributed by atoms with Gasteiger partial charge in [-0.05, 0) is 53.9 Å². The van der Waals surface area contributed by atoms with Crippen molar-refractivity contribution in [3.05, 3.63) is 71.3 Å². The van der Waals surface area contributed by atoms with Gasteiger partial charge in [-0.1, -0.05) is 44.5 Å². The van der Waals surface area contributed by atoms with Gasteiger partial charge in [0.1, 0.15) is 17.5 Å². The van der Waals surface area contributed by atoms with Crippen LogP contribution in [-0.4, -0.2) is 23.0 Å². The van der Waals surface area contributed by atoms with Gasteiger partial charge in [0, 0.05) is 10.6 Å². The highest BCUT2D eigenvalue weighted by Gasteiger charge is 2.19. The summed E-state index contributed by atoms with van der Waals surface area (Å²) in [5.74, 6) is -0.420. The molecule has 2 aromatic carbocycles. The maximum atomic E-state index is 12.3. The van der Waals surface area contributed by atoms with E-state index in [1.807, 2.05) is 20.8 Å². The van der Waals surface area contributed by atoms with Crippen molar-refractivity contribution in [2.45, 2.75) is 26.8 Å². The highest BCUT2D eigenvalue weighted by Crippen LogP contribution is 2.23. The number of carbonyl (C=O) groups is 2. The zero-order valence-corrected chi connectivity index (χ0v) is 16.2. The van der Waals surface area contributed by atoms with Crippen LogP contribution < -0.4 is 10.1 Å². The third-order valence-electron chi connectivity index (χ3n) is 3.51. The molecule has 2 N–H and O–H groups in total. The van der Waals surface area contributed by atoms with E-state index in [2.05, 4.69) is 5.32 Å². The number of carboxylic acids is 1. The summed E-state index contributed by atoms with van der Waals surface area (Å²) >= 11 is 5.83. The molecule has 1 atom stereocenters. The molecule has 2 aromatic rings. The number of amides is 1. The SMILES string of the molecule is CC(C)(C)/C=C/C(NC(=O)c1ccc(Oc2ccc(Cl)cc2)cc1)C(=O)O. The van der Waals surface area contributed by atoms with Gasteiger partial charge in [0.15, 0.2) is 0 Å². The van der Waals surface area contributed by atoms with E-state index in [0.717, 1.165) is 0 Å². The predicted octanol–water partition coefficient (Wildman–Crippen LogP) is 4.92. The number of allylic oxidation sites excluding steroid dienone is 1. The predicted molar refractivity (Wildman–Crippen MR) is 105 cm³/mol. The van der Waals surface area contributed by atoms with Crippen molar-refractivity contribution in [2.75, 3.05) is 0 Å². The molecule has 0 spiro atoms. The van der Waals surface area contributed by atoms with E-state index in [1.165, 1.54) is 6.08 Å². The zero-order chi connectivity index (χ0) is 20.0. The summed E-state index contributed by atoms with van der Waals surface area (Å²) in [7, 11) is 0. The molecule has 0 saturated heterocycles. The van der Waals surface area contributed by atoms with Crippen LogP contribution in [0, 0.1) is 5.41 Å². The number of halogens is 1. The lowest BCUT2D eigenvalue weighted by atomic mass is 9.95. The van der Waals surface area contributed by atoms with Crippen LogP contribution in [0.5, 0.6) is 11.5 Å². The maximum Gasteiger partial charge on any atom is 0.330 e. The van der Waals surface area contributed by atoms with Gasteiger partial charge in [0.05, 0.1) is 0 Å². The minimum absolute atomic E-state index is 0.181. The van der Waals surface area contributed by atoms with Crippen molar-refractivity contribution in [3.8, 4) is 11.5 Å². The van der Waals surface area contributed by atoms with E-state index in [0.29, 0.717) is 22.1 Å². The third kappa shape index (κ3) is 6.79. The van der Waals surface area contributed by atoms with Crippen LogP contribution in [0.15, 0.2) is 60.7 Å². The topological polar surface area (TPSA) is 75.6 Å². The second-order valence-corrected chi connectivity index (χ2v) is 7.53. The first kappa shape index (κ1) is 20.5. The summed E-state index contributed by atoms with van der Waals surface area (Å²) in [5.41, 5.74) is 0.160. The Bertz CT molecular complexity index is 821. The lowest BCUT2D eigenvalue weighted by molar-refractivity contribution is -0.137. The smallest absolute Gasteiger partial charge is 0.330 e. The fourth-order valence-electron chi connectivity index (χ4n) is 2.11. The molecule has 0 radical (unpaired) electrons. The van der Waals surface area contributed by atoms with E-state index in [9.17, 15) is 14.7 Å². The van der Waals surface area contributed by atoms with Crippen molar-refractivity contribution in [3.63, 3.8) is 0 Å². The number of hydrogen-bond donors (Lipinski definition) is 2. The first-order valence-electron chi connectivity index (χ1n) is 8.40. The molecule has 0 aliphatic carbocycles. The zero-order valence-electron chi connectivity index (χ0n) is 15.4. The summed E-state index contributed by atoms with van der Waals surface area (Å²) in [6.07, 6.45) is 3.24. The van der Waals surface area contributed by atoms with Crippen LogP contribution >= 0.6 is 11.6 Å². The molecule has 0 aliphatic rings. The number of aliphatic carboxylic acids is 1. The molecule has 6 heteroatoms. The minimum Gasteiger partial charge on any atom is -0.479 e. The van der Waals surface area contributed by atoms with E-state index in [4.69, 9.17) is 16.3 Å². The van der Waals surface area contributed by atoms with E-state index >= 15 is 0 Å². The Morgan fingerprint density at radius 3 is 2.04 bits per heavy atom. The average Bonchev–Trinajstić information content (AvgIpc) is 2.60. The fraction of sp³-hybridized carbons (Fsp3) is 0.238. The highest BCUT2D eigenvalue weighted by atomic mass is 35.5. The number of carboxylic acid groups (broad SMARTS) is 1. The number of carbonyl (C=O) groups excluding carboxylic acids is 1. The number of rotatable bonds is 6. The van der Waals surface area contributed by atoms with Gasteiger partial charge < -0.3 is 15.2 Å². The second-order valence-electron chi connectivity index (χ2n) is 7.09. The molecule has 0 heterocycles. The van der Waals surface area contributed by atoms with Gasteiger partial charge in [-0.2, -0.15) is 0 Å². The molecule has 27 heavy (non-hydrogen) atoms. The van der Waals surface area contributed by atoms with Gasteiger partial charge in [0.25, 0.3) is 5.91 Å². The molecule has 2 rings (SSSR count). The molecular weight excluding hydrogens is 366 g/mol. The van der Waals surface area contributed by atoms with Gasteiger partial charge in [-0.15, -0.1) is 0 Å². The van der Waals surface area contributed by atoms with Gasteiger partial charge >= 0.3 is 5.97 Å². The summed E-state index contributed by atoms with van der Waals surface area (Å²) in [5, 5.41) is 12.4. The largest absolute Gasteiger partial charge is 0.479 e. The Balaban J connectivity index is 2.04. The Kier molecular flexibility index (Phi) is 6.64. The number of ether oxygens (including phenoxy) is 1. The van der Waals surface area contributed by atoms with Crippen molar-refractivity contribution in [2.24, 2.45) is 5.41 Å². The Labute approximate surface area is 163 Å². The number of hydrogen-bond acceptors (Lipinski definition) is 3. The van der Waals surface area contributed by atoms with Crippen molar-refractivity contribution >= 4 is 23.5 Å². The van der Waals surface area contributed by atoms with Crippen LogP contribution in [0.1, 0.15) is 31.1 Å². The van der Waals surface area contributed by atoms with E-state index in [-0.39, 0.29) is 5.41 Å². The lowest BCUT2D eigenvalue weighted by Gasteiger charge is -2.15. The van der Waals surface area contributed by atoms with Gasteiger partial charge in [-0.3, -0.25) is 4.79 Å². The monoisotopic (exact) mass is 387 g/mol. The molecule has 0 fully saturated rings. The first-order chi connectivity index (χ1) is 12.6. The second kappa shape index (κ2) is 8.73. The summed E-state index contributed by atoms with van der Waals surface area (Å²) in [6.45, 7) is 5.84. The maximum absolute atomic E-state index is 12.3. The average molecular weight is 388 g/mol. The van der Waals surface area contributed by atoms with Crippen LogP contribution in [0.3, 0.4) is 0 Å². The van der Waals surface area contributed by atoms with Gasteiger partial charge in [0.2, 0.25) is 0 Å². The van der Waals surface area contributed by atoms with Gasteiger partial charge in [-0.25, -0.2) is 4.79 Å². The Morgan fingerprint density at radius 1 is 1.04 bits per heavy atom. The molecule has 5 nitrogen and oxygen atoms in total. The third-order valence-corrected chi connectivity index (χ3v) is 3.76. The Morgan fingerprint density at radius 2 is 1.56 bits per heavy atom. The molecule has 1 unspecified atom stereocenters. The minimum atomic E-state index is -1.12. The van der Waals surface area contributed by atoms with Crippen LogP contribution in [0.25, 0.3) is 0 Å². The van der Waals surface area contributed by atoms with Crippen molar-refractivity contribution in [1.29, 1.82) is 0 Å². The summed E-state index contributed by atoms with van der Waals surface area (Å²) in [6, 6.07) is 12.3. The lowest BCUT2D eigenvalue weighted by Crippen LogP contribution is -2.39. The number of benzene rings is 2. The van der Waals surface area contributed by atoms with Crippen molar-refractivity contribution < 1.29 is 19.4 Å². The number of nitrogens with one attached hydrogen (secondary N) is 1. The molecular formula is C21H22ClNO4. The van der Waals surface area contributed by atoms with Crippen LogP contribution in [0.4, 0.5) is 0 Å². The standard InChI is InChI=1S/C21H22ClNO4/c1-21(2,3)13-12-18(20(25)26)23-19(24)14-4-8-16(9-5-14)27-17-10-6-15(22)7-11-17/h4-13,18H,1-3H3,(H,23,24)(H,25,26)/b13-12+. The fourth-order valence-corrected chi connectivity index (χ4v) is 2.24. The van der Waals surface area contributed by atoms with Crippen LogP contribution in [-0.2, 0) is 4.79 Å². The normalized spacial score (nSPS) is 12.6. The first-order valence-corrected chi connectivity index (χ1v) is 8.78. The summed E-state index contributed by atoms with van der Waals surface area (Å²) < 4.78 is 5.67. The van der Waals surface area contributed by atoms with E-state index < -0.39 is 17.9 Å².